The molecule has 2 aliphatic rings. The van der Waals surface area contributed by atoms with Gasteiger partial charge in [0.15, 0.2) is 0 Å². The number of aryl methyl sites for hydroxylation is 1. The molecule has 0 amide bonds. The van der Waals surface area contributed by atoms with E-state index in [9.17, 15) is 0 Å². The van der Waals surface area contributed by atoms with Crippen LogP contribution in [0.15, 0.2) is 12.2 Å². The summed E-state index contributed by atoms with van der Waals surface area (Å²) in [6, 6.07) is 0.550. The van der Waals surface area contributed by atoms with Gasteiger partial charge in [-0.1, -0.05) is 12.2 Å². The van der Waals surface area contributed by atoms with Crippen molar-refractivity contribution in [1.82, 2.24) is 20.1 Å². The highest BCUT2D eigenvalue weighted by Crippen LogP contribution is 2.31. The second-order valence-corrected chi connectivity index (χ2v) is 5.12. The predicted molar refractivity (Wildman–Crippen MR) is 67.0 cm³/mol. The molecule has 0 bridgehead atoms. The Bertz CT molecular complexity index is 407. The second-order valence-electron chi connectivity index (χ2n) is 5.12. The van der Waals surface area contributed by atoms with Gasteiger partial charge in [0.2, 0.25) is 0 Å². The third-order valence-corrected chi connectivity index (χ3v) is 3.90. The van der Waals surface area contributed by atoms with Gasteiger partial charge in [-0.2, -0.15) is 0 Å². The number of hydrogen-bond acceptors (Lipinski definition) is 3. The van der Waals surface area contributed by atoms with Gasteiger partial charge in [0.25, 0.3) is 0 Å². The van der Waals surface area contributed by atoms with Crippen molar-refractivity contribution in [3.8, 4) is 0 Å². The predicted octanol–water partition coefficient (Wildman–Crippen LogP) is 1.94. The fraction of sp³-hybridized carbons (Fsp3) is 0.692. The summed E-state index contributed by atoms with van der Waals surface area (Å²) in [7, 11) is 0. The molecule has 0 saturated carbocycles. The van der Waals surface area contributed by atoms with Crippen molar-refractivity contribution in [3.05, 3.63) is 23.8 Å². The molecular weight excluding hydrogens is 212 g/mol. The zero-order valence-electron chi connectivity index (χ0n) is 10.4. The van der Waals surface area contributed by atoms with Crippen LogP contribution in [0.3, 0.4) is 0 Å². The van der Waals surface area contributed by atoms with Crippen LogP contribution in [0.2, 0.25) is 0 Å². The molecule has 1 saturated heterocycles. The smallest absolute Gasteiger partial charge is 0.137 e. The summed E-state index contributed by atoms with van der Waals surface area (Å²) in [4.78, 5) is 0. The number of nitrogens with one attached hydrogen (secondary N) is 1. The van der Waals surface area contributed by atoms with Crippen molar-refractivity contribution in [2.24, 2.45) is 0 Å². The molecule has 0 radical (unpaired) electrons. The molecule has 1 aliphatic heterocycles. The van der Waals surface area contributed by atoms with E-state index in [2.05, 4.69) is 39.2 Å². The highest BCUT2D eigenvalue weighted by molar-refractivity contribution is 5.12. The average molecular weight is 232 g/mol. The largest absolute Gasteiger partial charge is 0.315 e. The fourth-order valence-electron chi connectivity index (χ4n) is 3.00. The van der Waals surface area contributed by atoms with Gasteiger partial charge in [0.05, 0.1) is 0 Å². The zero-order valence-corrected chi connectivity index (χ0v) is 10.4. The molecule has 4 heteroatoms. The second kappa shape index (κ2) is 4.61. The Kier molecular flexibility index (Phi) is 2.97. The Morgan fingerprint density at radius 1 is 1.29 bits per heavy atom. The van der Waals surface area contributed by atoms with Crippen molar-refractivity contribution in [3.63, 3.8) is 0 Å². The van der Waals surface area contributed by atoms with Crippen LogP contribution in [0.4, 0.5) is 0 Å². The summed E-state index contributed by atoms with van der Waals surface area (Å²) in [6.45, 7) is 4.29. The van der Waals surface area contributed by atoms with Crippen molar-refractivity contribution in [1.29, 1.82) is 0 Å². The van der Waals surface area contributed by atoms with Gasteiger partial charge < -0.3 is 9.88 Å². The van der Waals surface area contributed by atoms with Crippen molar-refractivity contribution in [2.45, 2.75) is 44.6 Å². The Labute approximate surface area is 102 Å². The number of piperidine rings is 1. The number of aromatic nitrogens is 3. The van der Waals surface area contributed by atoms with Gasteiger partial charge in [-0.25, -0.2) is 0 Å². The molecule has 3 rings (SSSR count). The summed E-state index contributed by atoms with van der Waals surface area (Å²) in [5.41, 5.74) is 0. The first-order chi connectivity index (χ1) is 8.36. The molecule has 0 aromatic carbocycles. The van der Waals surface area contributed by atoms with Crippen LogP contribution in [0.25, 0.3) is 0 Å². The number of allylic oxidation sites excluding steroid dienone is 2. The maximum atomic E-state index is 4.42. The molecule has 0 spiro atoms. The molecule has 1 unspecified atom stereocenters. The molecule has 1 N–H and O–H groups in total. The third-order valence-electron chi connectivity index (χ3n) is 3.90. The SMILES string of the molecule is Cc1nnc(C2CC=CC2)n1C1CCCNC1. The maximum Gasteiger partial charge on any atom is 0.137 e. The van der Waals surface area contributed by atoms with E-state index in [0.717, 1.165) is 31.8 Å². The average Bonchev–Trinajstić information content (AvgIpc) is 2.98. The Morgan fingerprint density at radius 3 is 2.82 bits per heavy atom. The number of rotatable bonds is 2. The van der Waals surface area contributed by atoms with E-state index < -0.39 is 0 Å². The van der Waals surface area contributed by atoms with Crippen molar-refractivity contribution >= 4 is 0 Å². The topological polar surface area (TPSA) is 42.7 Å². The maximum absolute atomic E-state index is 4.42. The lowest BCUT2D eigenvalue weighted by atomic mass is 10.0. The van der Waals surface area contributed by atoms with Crippen molar-refractivity contribution < 1.29 is 0 Å². The number of nitrogens with zero attached hydrogens (tertiary/aromatic N) is 3. The molecule has 1 fully saturated rings. The van der Waals surface area contributed by atoms with Crippen LogP contribution >= 0.6 is 0 Å². The fourth-order valence-corrected chi connectivity index (χ4v) is 3.00. The molecule has 2 heterocycles. The zero-order chi connectivity index (χ0) is 11.7. The molecule has 4 nitrogen and oxygen atoms in total. The highest BCUT2D eigenvalue weighted by atomic mass is 15.3. The lowest BCUT2D eigenvalue weighted by molar-refractivity contribution is 0.353. The first-order valence-electron chi connectivity index (χ1n) is 6.63. The standard InChI is InChI=1S/C13H20N4/c1-10-15-16-13(11-5-2-3-6-11)17(10)12-7-4-8-14-9-12/h2-3,11-12,14H,4-9H2,1H3. The molecular formula is C13H20N4. The molecule has 92 valence electrons. The van der Waals surface area contributed by atoms with E-state index >= 15 is 0 Å². The summed E-state index contributed by atoms with van der Waals surface area (Å²) < 4.78 is 2.38. The summed E-state index contributed by atoms with van der Waals surface area (Å²) in [5.74, 6) is 2.82. The molecule has 17 heavy (non-hydrogen) atoms. The first-order valence-corrected chi connectivity index (χ1v) is 6.63. The van der Waals surface area contributed by atoms with E-state index in [1.165, 1.54) is 18.7 Å². The quantitative estimate of drug-likeness (QED) is 0.792. The summed E-state index contributed by atoms with van der Waals surface area (Å²) >= 11 is 0. The van der Waals surface area contributed by atoms with E-state index in [1.807, 2.05) is 0 Å². The van der Waals surface area contributed by atoms with E-state index in [-0.39, 0.29) is 0 Å². The van der Waals surface area contributed by atoms with Gasteiger partial charge in [0.1, 0.15) is 11.6 Å². The Hall–Kier alpha value is -1.16. The van der Waals surface area contributed by atoms with Gasteiger partial charge in [0, 0.05) is 18.5 Å². The van der Waals surface area contributed by atoms with Crippen LogP contribution < -0.4 is 5.32 Å². The Balaban J connectivity index is 1.88. The van der Waals surface area contributed by atoms with E-state index in [4.69, 9.17) is 0 Å². The van der Waals surface area contributed by atoms with Crippen molar-refractivity contribution in [2.75, 3.05) is 13.1 Å². The summed E-state index contributed by atoms with van der Waals surface area (Å²) in [5, 5.41) is 12.2. The molecule has 1 atom stereocenters. The highest BCUT2D eigenvalue weighted by Gasteiger charge is 2.25. The molecule has 1 aromatic heterocycles. The van der Waals surface area contributed by atoms with Gasteiger partial charge in [-0.15, -0.1) is 10.2 Å². The van der Waals surface area contributed by atoms with E-state index in [1.54, 1.807) is 0 Å². The van der Waals surface area contributed by atoms with Crippen LogP contribution in [-0.2, 0) is 0 Å². The summed E-state index contributed by atoms with van der Waals surface area (Å²) in [6.07, 6.45) is 9.27. The monoisotopic (exact) mass is 232 g/mol. The van der Waals surface area contributed by atoms with Gasteiger partial charge in [-0.3, -0.25) is 0 Å². The van der Waals surface area contributed by atoms with E-state index in [0.29, 0.717) is 12.0 Å². The van der Waals surface area contributed by atoms with Gasteiger partial charge in [-0.05, 0) is 39.2 Å². The minimum atomic E-state index is 0.550. The van der Waals surface area contributed by atoms with Crippen LogP contribution in [0.5, 0.6) is 0 Å². The lowest BCUT2D eigenvalue weighted by Gasteiger charge is -2.27. The Morgan fingerprint density at radius 2 is 2.12 bits per heavy atom. The van der Waals surface area contributed by atoms with Gasteiger partial charge >= 0.3 is 0 Å². The van der Waals surface area contributed by atoms with Crippen LogP contribution in [-0.4, -0.2) is 27.9 Å². The van der Waals surface area contributed by atoms with Crippen LogP contribution in [0.1, 0.15) is 49.3 Å². The molecule has 1 aromatic rings. The minimum absolute atomic E-state index is 0.550. The van der Waals surface area contributed by atoms with Crippen LogP contribution in [0, 0.1) is 6.92 Å². The lowest BCUT2D eigenvalue weighted by Crippen LogP contribution is -2.33. The number of hydrogen-bond donors (Lipinski definition) is 1. The normalized spacial score (nSPS) is 25.6. The third kappa shape index (κ3) is 2.02. The minimum Gasteiger partial charge on any atom is -0.315 e. The first kappa shape index (κ1) is 11.0. The molecule has 1 aliphatic carbocycles.